The van der Waals surface area contributed by atoms with Crippen LogP contribution in [0.2, 0.25) is 5.02 Å². The van der Waals surface area contributed by atoms with Crippen LogP contribution in [0.15, 0.2) is 30.5 Å². The molecule has 3 rings (SSSR count). The Morgan fingerprint density at radius 3 is 2.91 bits per heavy atom. The second-order valence-electron chi connectivity index (χ2n) is 4.75. The van der Waals surface area contributed by atoms with Crippen molar-refractivity contribution in [3.63, 3.8) is 0 Å². The van der Waals surface area contributed by atoms with Gasteiger partial charge in [0.2, 0.25) is 0 Å². The Balaban J connectivity index is 1.86. The summed E-state index contributed by atoms with van der Waals surface area (Å²) in [6.45, 7) is 1.88. The van der Waals surface area contributed by atoms with Gasteiger partial charge in [0, 0.05) is 23.0 Å². The van der Waals surface area contributed by atoms with E-state index in [1.165, 1.54) is 13.3 Å². The topological polar surface area (TPSA) is 79.9 Å². The first kappa shape index (κ1) is 14.3. The Hall–Kier alpha value is -2.60. The number of carbonyl (C=O) groups excluding carboxylic acids is 1. The van der Waals surface area contributed by atoms with Gasteiger partial charge in [-0.05, 0) is 31.2 Å². The number of amides is 1. The van der Waals surface area contributed by atoms with Crippen LogP contribution >= 0.6 is 11.6 Å². The van der Waals surface area contributed by atoms with Crippen molar-refractivity contribution in [1.82, 2.24) is 15.2 Å². The van der Waals surface area contributed by atoms with E-state index in [9.17, 15) is 4.79 Å². The number of ether oxygens (including phenoxy) is 1. The van der Waals surface area contributed by atoms with E-state index in [1.54, 1.807) is 24.3 Å². The summed E-state index contributed by atoms with van der Waals surface area (Å²) in [4.78, 5) is 16.5. The predicted molar refractivity (Wildman–Crippen MR) is 84.6 cm³/mol. The summed E-state index contributed by atoms with van der Waals surface area (Å²) in [5.41, 5.74) is 2.48. The number of methoxy groups -OCH3 is 1. The van der Waals surface area contributed by atoms with Gasteiger partial charge in [-0.25, -0.2) is 4.98 Å². The first-order valence-electron chi connectivity index (χ1n) is 6.54. The van der Waals surface area contributed by atoms with E-state index in [0.717, 1.165) is 11.1 Å². The molecule has 0 fully saturated rings. The van der Waals surface area contributed by atoms with Gasteiger partial charge in [0.15, 0.2) is 5.65 Å². The fourth-order valence-corrected chi connectivity index (χ4v) is 2.35. The highest BCUT2D eigenvalue weighted by atomic mass is 35.5. The number of H-pyrrole nitrogens is 1. The standard InChI is InChI=1S/C15H13ClN4O2/c1-8-11-5-9(7-17-14(11)20-19-8)15(21)18-10-3-4-13(22-2)12(16)6-10/h3-7H,1-2H3,(H,18,21)(H,17,19,20). The number of aromatic amines is 1. The van der Waals surface area contributed by atoms with Crippen LogP contribution in [0.1, 0.15) is 16.1 Å². The van der Waals surface area contributed by atoms with Gasteiger partial charge in [-0.1, -0.05) is 11.6 Å². The Labute approximate surface area is 131 Å². The number of hydrogen-bond donors (Lipinski definition) is 2. The largest absolute Gasteiger partial charge is 0.495 e. The molecule has 2 N–H and O–H groups in total. The minimum absolute atomic E-state index is 0.267. The number of benzene rings is 1. The van der Waals surface area contributed by atoms with E-state index in [2.05, 4.69) is 20.5 Å². The van der Waals surface area contributed by atoms with Crippen LogP contribution in [0.4, 0.5) is 5.69 Å². The average molecular weight is 317 g/mol. The van der Waals surface area contributed by atoms with Gasteiger partial charge in [0.1, 0.15) is 5.75 Å². The minimum atomic E-state index is -0.267. The van der Waals surface area contributed by atoms with Gasteiger partial charge in [-0.15, -0.1) is 0 Å². The minimum Gasteiger partial charge on any atom is -0.495 e. The fraction of sp³-hybridized carbons (Fsp3) is 0.133. The lowest BCUT2D eigenvalue weighted by Gasteiger charge is -2.08. The summed E-state index contributed by atoms with van der Waals surface area (Å²) >= 11 is 6.04. The summed E-state index contributed by atoms with van der Waals surface area (Å²) in [7, 11) is 1.54. The second-order valence-corrected chi connectivity index (χ2v) is 5.15. The molecule has 6 nitrogen and oxygen atoms in total. The molecule has 0 bridgehead atoms. The molecular formula is C15H13ClN4O2. The quantitative estimate of drug-likeness (QED) is 0.777. The summed E-state index contributed by atoms with van der Waals surface area (Å²) in [5, 5.41) is 10.9. The molecule has 1 aromatic carbocycles. The number of fused-ring (bicyclic) bond motifs is 1. The summed E-state index contributed by atoms with van der Waals surface area (Å²) in [6.07, 6.45) is 1.49. The summed E-state index contributed by atoms with van der Waals surface area (Å²) in [6, 6.07) is 6.80. The second kappa shape index (κ2) is 5.65. The molecule has 112 valence electrons. The zero-order valence-electron chi connectivity index (χ0n) is 12.0. The average Bonchev–Trinajstić information content (AvgIpc) is 2.88. The highest BCUT2D eigenvalue weighted by Gasteiger charge is 2.11. The number of carbonyl (C=O) groups is 1. The third kappa shape index (κ3) is 2.60. The number of nitrogens with zero attached hydrogens (tertiary/aromatic N) is 2. The Morgan fingerprint density at radius 2 is 2.18 bits per heavy atom. The predicted octanol–water partition coefficient (Wildman–Crippen LogP) is 3.18. The van der Waals surface area contributed by atoms with Gasteiger partial charge in [0.25, 0.3) is 5.91 Å². The lowest BCUT2D eigenvalue weighted by Crippen LogP contribution is -2.12. The number of hydrogen-bond acceptors (Lipinski definition) is 4. The number of pyridine rings is 1. The molecule has 1 amide bonds. The van der Waals surface area contributed by atoms with E-state index in [4.69, 9.17) is 16.3 Å². The molecule has 3 aromatic rings. The number of halogens is 1. The van der Waals surface area contributed by atoms with Crippen molar-refractivity contribution >= 4 is 34.2 Å². The molecule has 0 aliphatic carbocycles. The van der Waals surface area contributed by atoms with E-state index in [1.807, 2.05) is 6.92 Å². The molecule has 0 radical (unpaired) electrons. The Kier molecular flexibility index (Phi) is 3.68. The maximum Gasteiger partial charge on any atom is 0.257 e. The number of nitrogens with one attached hydrogen (secondary N) is 2. The van der Waals surface area contributed by atoms with Crippen LogP contribution in [-0.4, -0.2) is 28.2 Å². The first-order chi connectivity index (χ1) is 10.6. The van der Waals surface area contributed by atoms with Crippen LogP contribution < -0.4 is 10.1 Å². The molecular weight excluding hydrogens is 304 g/mol. The van der Waals surface area contributed by atoms with Crippen molar-refractivity contribution in [2.24, 2.45) is 0 Å². The Bertz CT molecular complexity index is 860. The van der Waals surface area contributed by atoms with E-state index >= 15 is 0 Å². The zero-order valence-corrected chi connectivity index (χ0v) is 12.7. The molecule has 0 aliphatic heterocycles. The SMILES string of the molecule is COc1ccc(NC(=O)c2cnc3n[nH]c(C)c3c2)cc1Cl. The smallest absolute Gasteiger partial charge is 0.257 e. The van der Waals surface area contributed by atoms with E-state index in [-0.39, 0.29) is 5.91 Å². The molecule has 7 heteroatoms. The molecule has 0 spiro atoms. The van der Waals surface area contributed by atoms with E-state index in [0.29, 0.717) is 27.7 Å². The fourth-order valence-electron chi connectivity index (χ4n) is 2.09. The van der Waals surface area contributed by atoms with Crippen molar-refractivity contribution < 1.29 is 9.53 Å². The molecule has 0 unspecified atom stereocenters. The molecule has 0 aliphatic rings. The molecule has 2 heterocycles. The Morgan fingerprint density at radius 1 is 1.36 bits per heavy atom. The van der Waals surface area contributed by atoms with Crippen molar-refractivity contribution in [3.05, 3.63) is 46.7 Å². The molecule has 2 aromatic heterocycles. The van der Waals surface area contributed by atoms with Crippen LogP contribution in [0.5, 0.6) is 5.75 Å². The van der Waals surface area contributed by atoms with Crippen molar-refractivity contribution in [3.8, 4) is 5.75 Å². The molecule has 0 saturated carbocycles. The molecule has 0 saturated heterocycles. The lowest BCUT2D eigenvalue weighted by molar-refractivity contribution is 0.102. The van der Waals surface area contributed by atoms with Gasteiger partial charge < -0.3 is 10.1 Å². The van der Waals surface area contributed by atoms with Crippen molar-refractivity contribution in [2.75, 3.05) is 12.4 Å². The number of aromatic nitrogens is 3. The third-order valence-electron chi connectivity index (χ3n) is 3.27. The third-order valence-corrected chi connectivity index (χ3v) is 3.57. The van der Waals surface area contributed by atoms with Crippen LogP contribution in [0.25, 0.3) is 11.0 Å². The van der Waals surface area contributed by atoms with Crippen LogP contribution in [0, 0.1) is 6.92 Å². The molecule has 0 atom stereocenters. The van der Waals surface area contributed by atoms with Crippen molar-refractivity contribution in [1.29, 1.82) is 0 Å². The normalized spacial score (nSPS) is 10.7. The summed E-state index contributed by atoms with van der Waals surface area (Å²) in [5.74, 6) is 0.285. The van der Waals surface area contributed by atoms with Gasteiger partial charge in [-0.3, -0.25) is 9.89 Å². The number of rotatable bonds is 3. The number of aryl methyl sites for hydroxylation is 1. The van der Waals surface area contributed by atoms with Crippen LogP contribution in [0.3, 0.4) is 0 Å². The molecule has 22 heavy (non-hydrogen) atoms. The number of anilines is 1. The van der Waals surface area contributed by atoms with Gasteiger partial charge in [0.05, 0.1) is 17.7 Å². The zero-order chi connectivity index (χ0) is 15.7. The first-order valence-corrected chi connectivity index (χ1v) is 6.92. The highest BCUT2D eigenvalue weighted by Crippen LogP contribution is 2.27. The highest BCUT2D eigenvalue weighted by molar-refractivity contribution is 6.32. The van der Waals surface area contributed by atoms with Gasteiger partial charge >= 0.3 is 0 Å². The van der Waals surface area contributed by atoms with Crippen molar-refractivity contribution in [2.45, 2.75) is 6.92 Å². The van der Waals surface area contributed by atoms with Crippen LogP contribution in [-0.2, 0) is 0 Å². The van der Waals surface area contributed by atoms with E-state index < -0.39 is 0 Å². The van der Waals surface area contributed by atoms with Gasteiger partial charge in [-0.2, -0.15) is 5.10 Å². The monoisotopic (exact) mass is 316 g/mol. The summed E-state index contributed by atoms with van der Waals surface area (Å²) < 4.78 is 5.08. The maximum absolute atomic E-state index is 12.3. The lowest BCUT2D eigenvalue weighted by atomic mass is 10.2. The maximum atomic E-state index is 12.3.